The van der Waals surface area contributed by atoms with Gasteiger partial charge in [-0.05, 0) is 48.2 Å². The van der Waals surface area contributed by atoms with Gasteiger partial charge in [-0.1, -0.05) is 24.3 Å². The molecule has 0 saturated carbocycles. The van der Waals surface area contributed by atoms with Crippen molar-refractivity contribution >= 4 is 5.91 Å². The van der Waals surface area contributed by atoms with E-state index in [0.717, 1.165) is 12.8 Å². The second-order valence-electron chi connectivity index (χ2n) is 4.81. The molecule has 3 heteroatoms. The minimum atomic E-state index is -0.0956. The van der Waals surface area contributed by atoms with Crippen LogP contribution >= 0.6 is 0 Å². The van der Waals surface area contributed by atoms with Gasteiger partial charge in [0.15, 0.2) is 0 Å². The van der Waals surface area contributed by atoms with Crippen LogP contribution in [0.3, 0.4) is 0 Å². The number of phenols is 1. The molecule has 0 aromatic heterocycles. The van der Waals surface area contributed by atoms with Crippen LogP contribution in [0.2, 0.25) is 0 Å². The molecule has 0 radical (unpaired) electrons. The number of benzene rings is 2. The fourth-order valence-corrected chi connectivity index (χ4v) is 2.56. The molecule has 0 bridgehead atoms. The third-order valence-electron chi connectivity index (χ3n) is 3.57. The van der Waals surface area contributed by atoms with Crippen molar-refractivity contribution in [2.45, 2.75) is 18.9 Å². The van der Waals surface area contributed by atoms with Crippen molar-refractivity contribution in [3.05, 3.63) is 65.2 Å². The van der Waals surface area contributed by atoms with Gasteiger partial charge < -0.3 is 10.4 Å². The zero-order chi connectivity index (χ0) is 13.2. The van der Waals surface area contributed by atoms with Crippen LogP contribution in [0.15, 0.2) is 48.5 Å². The van der Waals surface area contributed by atoms with Crippen molar-refractivity contribution in [2.24, 2.45) is 0 Å². The molecule has 1 aliphatic rings. The molecule has 0 spiro atoms. The van der Waals surface area contributed by atoms with Crippen LogP contribution in [0, 0.1) is 0 Å². The minimum absolute atomic E-state index is 0.0949. The standard InChI is InChI=1S/C16H15NO2/c18-13-8-5-12(6-9-13)16(19)17-15-10-7-11-3-1-2-4-14(11)15/h1-6,8-9,15,18H,7,10H2,(H,17,19)/t15-/m0/s1. The van der Waals surface area contributed by atoms with E-state index in [0.29, 0.717) is 5.56 Å². The summed E-state index contributed by atoms with van der Waals surface area (Å²) in [5, 5.41) is 12.3. The van der Waals surface area contributed by atoms with E-state index in [1.54, 1.807) is 12.1 Å². The first kappa shape index (κ1) is 11.8. The molecular weight excluding hydrogens is 238 g/mol. The van der Waals surface area contributed by atoms with E-state index in [2.05, 4.69) is 17.4 Å². The maximum Gasteiger partial charge on any atom is 0.251 e. The van der Waals surface area contributed by atoms with Gasteiger partial charge in [0.1, 0.15) is 5.75 Å². The third kappa shape index (κ3) is 2.32. The van der Waals surface area contributed by atoms with Crippen molar-refractivity contribution in [3.63, 3.8) is 0 Å². The minimum Gasteiger partial charge on any atom is -0.508 e. The summed E-state index contributed by atoms with van der Waals surface area (Å²) < 4.78 is 0. The van der Waals surface area contributed by atoms with Gasteiger partial charge in [0.05, 0.1) is 6.04 Å². The SMILES string of the molecule is O=C(N[C@H]1CCc2ccccc21)c1ccc(O)cc1. The lowest BCUT2D eigenvalue weighted by atomic mass is 10.1. The topological polar surface area (TPSA) is 49.3 Å². The maximum absolute atomic E-state index is 12.1. The van der Waals surface area contributed by atoms with Crippen LogP contribution in [-0.4, -0.2) is 11.0 Å². The average molecular weight is 253 g/mol. The number of fused-ring (bicyclic) bond motifs is 1. The number of aromatic hydroxyl groups is 1. The normalized spacial score (nSPS) is 16.9. The lowest BCUT2D eigenvalue weighted by molar-refractivity contribution is 0.0936. The third-order valence-corrected chi connectivity index (χ3v) is 3.57. The van der Waals surface area contributed by atoms with Gasteiger partial charge in [0.25, 0.3) is 5.91 Å². The molecule has 2 aromatic carbocycles. The monoisotopic (exact) mass is 253 g/mol. The number of phenolic OH excluding ortho intramolecular Hbond substituents is 1. The molecule has 1 atom stereocenters. The molecule has 0 saturated heterocycles. The summed E-state index contributed by atoms with van der Waals surface area (Å²) in [7, 11) is 0. The number of carbonyl (C=O) groups is 1. The number of aryl methyl sites for hydroxylation is 1. The van der Waals surface area contributed by atoms with Crippen LogP contribution in [0.5, 0.6) is 5.75 Å². The quantitative estimate of drug-likeness (QED) is 0.864. The molecule has 3 nitrogen and oxygen atoms in total. The van der Waals surface area contributed by atoms with Gasteiger partial charge in [0, 0.05) is 5.56 Å². The van der Waals surface area contributed by atoms with Crippen molar-refractivity contribution in [1.82, 2.24) is 5.32 Å². The van der Waals surface area contributed by atoms with Crippen LogP contribution in [0.4, 0.5) is 0 Å². The van der Waals surface area contributed by atoms with Crippen LogP contribution in [0.25, 0.3) is 0 Å². The Bertz CT molecular complexity index is 604. The van der Waals surface area contributed by atoms with Gasteiger partial charge in [-0.3, -0.25) is 4.79 Å². The van der Waals surface area contributed by atoms with Crippen molar-refractivity contribution in [3.8, 4) is 5.75 Å². The Hall–Kier alpha value is -2.29. The highest BCUT2D eigenvalue weighted by atomic mass is 16.3. The Balaban J connectivity index is 1.76. The van der Waals surface area contributed by atoms with E-state index in [4.69, 9.17) is 0 Å². The first-order valence-corrected chi connectivity index (χ1v) is 6.42. The Morgan fingerprint density at radius 1 is 1.11 bits per heavy atom. The van der Waals surface area contributed by atoms with Gasteiger partial charge in [0.2, 0.25) is 0 Å². The highest BCUT2D eigenvalue weighted by molar-refractivity contribution is 5.94. The van der Waals surface area contributed by atoms with Gasteiger partial charge in [-0.2, -0.15) is 0 Å². The number of amides is 1. The number of hydrogen-bond donors (Lipinski definition) is 2. The van der Waals surface area contributed by atoms with E-state index in [-0.39, 0.29) is 17.7 Å². The molecule has 2 aromatic rings. The summed E-state index contributed by atoms with van der Waals surface area (Å²) >= 11 is 0. The Kier molecular flexibility index (Phi) is 2.95. The molecule has 0 aliphatic heterocycles. The van der Waals surface area contributed by atoms with Crippen molar-refractivity contribution < 1.29 is 9.90 Å². The van der Waals surface area contributed by atoms with Crippen LogP contribution in [0.1, 0.15) is 33.9 Å². The van der Waals surface area contributed by atoms with Crippen LogP contribution in [-0.2, 0) is 6.42 Å². The summed E-state index contributed by atoms with van der Waals surface area (Å²) in [6.45, 7) is 0. The Labute approximate surface area is 111 Å². The number of rotatable bonds is 2. The van der Waals surface area contributed by atoms with E-state index in [1.165, 1.54) is 23.3 Å². The average Bonchev–Trinajstić information content (AvgIpc) is 2.83. The second kappa shape index (κ2) is 4.76. The van der Waals surface area contributed by atoms with Crippen LogP contribution < -0.4 is 5.32 Å². The molecule has 0 heterocycles. The predicted octanol–water partition coefficient (Wildman–Crippen LogP) is 2.81. The molecule has 0 fully saturated rings. The molecule has 96 valence electrons. The summed E-state index contributed by atoms with van der Waals surface area (Å²) in [5.74, 6) is 0.0736. The zero-order valence-electron chi connectivity index (χ0n) is 10.5. The fourth-order valence-electron chi connectivity index (χ4n) is 2.56. The summed E-state index contributed by atoms with van der Waals surface area (Å²) in [6.07, 6.45) is 1.96. The van der Waals surface area contributed by atoms with Crippen molar-refractivity contribution in [2.75, 3.05) is 0 Å². The molecule has 2 N–H and O–H groups in total. The summed E-state index contributed by atoms with van der Waals surface area (Å²) in [4.78, 5) is 12.1. The highest BCUT2D eigenvalue weighted by Crippen LogP contribution is 2.30. The van der Waals surface area contributed by atoms with Gasteiger partial charge >= 0.3 is 0 Å². The summed E-state index contributed by atoms with van der Waals surface area (Å²) in [5.41, 5.74) is 3.11. The largest absolute Gasteiger partial charge is 0.508 e. The molecule has 3 rings (SSSR count). The van der Waals surface area contributed by atoms with Gasteiger partial charge in [-0.15, -0.1) is 0 Å². The molecule has 0 unspecified atom stereocenters. The molecule has 1 aliphatic carbocycles. The lowest BCUT2D eigenvalue weighted by Gasteiger charge is -2.14. The lowest BCUT2D eigenvalue weighted by Crippen LogP contribution is -2.27. The molecule has 1 amide bonds. The van der Waals surface area contributed by atoms with E-state index in [1.807, 2.05) is 12.1 Å². The Morgan fingerprint density at radius 3 is 2.63 bits per heavy atom. The Morgan fingerprint density at radius 2 is 1.84 bits per heavy atom. The number of hydrogen-bond acceptors (Lipinski definition) is 2. The summed E-state index contributed by atoms with van der Waals surface area (Å²) in [6, 6.07) is 14.6. The predicted molar refractivity (Wildman–Crippen MR) is 73.1 cm³/mol. The van der Waals surface area contributed by atoms with E-state index in [9.17, 15) is 9.90 Å². The second-order valence-corrected chi connectivity index (χ2v) is 4.81. The fraction of sp³-hybridized carbons (Fsp3) is 0.188. The van der Waals surface area contributed by atoms with Crippen molar-refractivity contribution in [1.29, 1.82) is 0 Å². The number of carbonyl (C=O) groups excluding carboxylic acids is 1. The molecular formula is C16H15NO2. The van der Waals surface area contributed by atoms with E-state index >= 15 is 0 Å². The maximum atomic E-state index is 12.1. The van der Waals surface area contributed by atoms with E-state index < -0.39 is 0 Å². The first-order chi connectivity index (χ1) is 9.24. The highest BCUT2D eigenvalue weighted by Gasteiger charge is 2.23. The number of nitrogens with one attached hydrogen (secondary N) is 1. The first-order valence-electron chi connectivity index (χ1n) is 6.42. The molecule has 19 heavy (non-hydrogen) atoms. The zero-order valence-corrected chi connectivity index (χ0v) is 10.5. The van der Waals surface area contributed by atoms with Gasteiger partial charge in [-0.25, -0.2) is 0 Å². The smallest absolute Gasteiger partial charge is 0.251 e.